The third-order valence-electron chi connectivity index (χ3n) is 2.96. The summed E-state index contributed by atoms with van der Waals surface area (Å²) in [6, 6.07) is 4.19. The standard InChI is InChI=1S/C14H18N2O/c1-4-15-8-13(17)11-7-16-12-6-9(2)5-10(3)14(11)12/h5-7,15-16H,4,8H2,1-3H3. The molecule has 3 heteroatoms. The number of hydrogen-bond donors (Lipinski definition) is 2. The molecule has 0 aliphatic heterocycles. The fraction of sp³-hybridized carbons (Fsp3) is 0.357. The lowest BCUT2D eigenvalue weighted by atomic mass is 10.0. The number of nitrogens with one attached hydrogen (secondary N) is 2. The van der Waals surface area contributed by atoms with Gasteiger partial charge in [0.05, 0.1) is 6.54 Å². The Morgan fingerprint density at radius 3 is 2.82 bits per heavy atom. The van der Waals surface area contributed by atoms with E-state index < -0.39 is 0 Å². The lowest BCUT2D eigenvalue weighted by Gasteiger charge is -2.03. The predicted octanol–water partition coefficient (Wildman–Crippen LogP) is 2.58. The van der Waals surface area contributed by atoms with Crippen LogP contribution < -0.4 is 5.32 Å². The van der Waals surface area contributed by atoms with Crippen LogP contribution in [-0.2, 0) is 0 Å². The highest BCUT2D eigenvalue weighted by Gasteiger charge is 2.13. The molecule has 2 aromatic rings. The quantitative estimate of drug-likeness (QED) is 0.793. The number of aromatic amines is 1. The molecule has 1 heterocycles. The van der Waals surface area contributed by atoms with Crippen LogP contribution in [0.1, 0.15) is 28.4 Å². The van der Waals surface area contributed by atoms with E-state index in [1.807, 2.05) is 20.0 Å². The van der Waals surface area contributed by atoms with E-state index >= 15 is 0 Å². The summed E-state index contributed by atoms with van der Waals surface area (Å²) in [5, 5.41) is 4.12. The van der Waals surface area contributed by atoms with Gasteiger partial charge in [-0.3, -0.25) is 4.79 Å². The van der Waals surface area contributed by atoms with Crippen molar-refractivity contribution in [3.05, 3.63) is 35.0 Å². The molecule has 0 fully saturated rings. The molecule has 0 atom stereocenters. The Morgan fingerprint density at radius 2 is 2.12 bits per heavy atom. The summed E-state index contributed by atoms with van der Waals surface area (Å²) in [7, 11) is 0. The lowest BCUT2D eigenvalue weighted by molar-refractivity contribution is 0.0993. The number of rotatable bonds is 4. The largest absolute Gasteiger partial charge is 0.360 e. The molecule has 0 spiro atoms. The molecule has 0 radical (unpaired) electrons. The van der Waals surface area contributed by atoms with Crippen molar-refractivity contribution < 1.29 is 4.79 Å². The molecular weight excluding hydrogens is 212 g/mol. The summed E-state index contributed by atoms with van der Waals surface area (Å²) in [5.74, 6) is 0.144. The third-order valence-corrected chi connectivity index (χ3v) is 2.96. The van der Waals surface area contributed by atoms with Gasteiger partial charge in [-0.05, 0) is 37.6 Å². The van der Waals surface area contributed by atoms with Crippen molar-refractivity contribution in [2.24, 2.45) is 0 Å². The first-order valence-corrected chi connectivity index (χ1v) is 5.95. The summed E-state index contributed by atoms with van der Waals surface area (Å²) < 4.78 is 0. The van der Waals surface area contributed by atoms with Crippen molar-refractivity contribution in [3.8, 4) is 0 Å². The van der Waals surface area contributed by atoms with Crippen LogP contribution in [-0.4, -0.2) is 23.9 Å². The van der Waals surface area contributed by atoms with Gasteiger partial charge in [0.25, 0.3) is 0 Å². The highest BCUT2D eigenvalue weighted by molar-refractivity contribution is 6.09. The predicted molar refractivity (Wildman–Crippen MR) is 70.6 cm³/mol. The highest BCUT2D eigenvalue weighted by atomic mass is 16.1. The van der Waals surface area contributed by atoms with Crippen molar-refractivity contribution in [1.29, 1.82) is 0 Å². The average Bonchev–Trinajstić information content (AvgIpc) is 2.69. The van der Waals surface area contributed by atoms with Crippen LogP contribution in [0.3, 0.4) is 0 Å². The van der Waals surface area contributed by atoms with Gasteiger partial charge in [-0.2, -0.15) is 0 Å². The second kappa shape index (κ2) is 4.72. The SMILES string of the molecule is CCNCC(=O)c1c[nH]c2cc(C)cc(C)c12. The minimum atomic E-state index is 0.144. The molecule has 0 saturated heterocycles. The number of fused-ring (bicyclic) bond motifs is 1. The Balaban J connectivity index is 2.45. The molecule has 0 aliphatic carbocycles. The van der Waals surface area contributed by atoms with E-state index in [2.05, 4.69) is 29.4 Å². The average molecular weight is 230 g/mol. The van der Waals surface area contributed by atoms with Gasteiger partial charge >= 0.3 is 0 Å². The Bertz CT molecular complexity index is 555. The zero-order valence-corrected chi connectivity index (χ0v) is 10.6. The molecule has 0 amide bonds. The van der Waals surface area contributed by atoms with Crippen LogP contribution in [0.2, 0.25) is 0 Å². The van der Waals surface area contributed by atoms with Gasteiger partial charge in [0, 0.05) is 22.7 Å². The molecule has 1 aromatic carbocycles. The molecule has 3 nitrogen and oxygen atoms in total. The van der Waals surface area contributed by atoms with E-state index in [9.17, 15) is 4.79 Å². The maximum Gasteiger partial charge on any atom is 0.178 e. The summed E-state index contributed by atoms with van der Waals surface area (Å²) in [4.78, 5) is 15.2. The molecular formula is C14H18N2O. The fourth-order valence-corrected chi connectivity index (χ4v) is 2.21. The van der Waals surface area contributed by atoms with Gasteiger partial charge in [0.1, 0.15) is 0 Å². The first kappa shape index (κ1) is 11.9. The summed E-state index contributed by atoms with van der Waals surface area (Å²) in [6.45, 7) is 7.32. The number of hydrogen-bond acceptors (Lipinski definition) is 2. The summed E-state index contributed by atoms with van der Waals surface area (Å²) >= 11 is 0. The lowest BCUT2D eigenvalue weighted by Crippen LogP contribution is -2.22. The Kier molecular flexibility index (Phi) is 3.29. The van der Waals surface area contributed by atoms with Gasteiger partial charge in [-0.15, -0.1) is 0 Å². The van der Waals surface area contributed by atoms with Crippen LogP contribution >= 0.6 is 0 Å². The minimum absolute atomic E-state index is 0.144. The van der Waals surface area contributed by atoms with E-state index in [1.165, 1.54) is 5.56 Å². The zero-order chi connectivity index (χ0) is 12.4. The highest BCUT2D eigenvalue weighted by Crippen LogP contribution is 2.24. The van der Waals surface area contributed by atoms with E-state index in [1.54, 1.807) is 0 Å². The number of aryl methyl sites for hydroxylation is 2. The van der Waals surface area contributed by atoms with Crippen molar-refractivity contribution in [2.45, 2.75) is 20.8 Å². The summed E-state index contributed by atoms with van der Waals surface area (Å²) in [5.41, 5.74) is 4.20. The fourth-order valence-electron chi connectivity index (χ4n) is 2.21. The van der Waals surface area contributed by atoms with Gasteiger partial charge in [-0.1, -0.05) is 13.0 Å². The maximum atomic E-state index is 12.0. The van der Waals surface area contributed by atoms with E-state index in [0.717, 1.165) is 28.6 Å². The molecule has 0 aliphatic rings. The van der Waals surface area contributed by atoms with Gasteiger partial charge in [0.15, 0.2) is 5.78 Å². The normalized spacial score (nSPS) is 11.0. The second-order valence-corrected chi connectivity index (χ2v) is 4.41. The maximum absolute atomic E-state index is 12.0. The van der Waals surface area contributed by atoms with Gasteiger partial charge in [0.2, 0.25) is 0 Å². The monoisotopic (exact) mass is 230 g/mol. The number of aromatic nitrogens is 1. The van der Waals surface area contributed by atoms with Crippen LogP contribution in [0.15, 0.2) is 18.3 Å². The molecule has 0 unspecified atom stereocenters. The molecule has 17 heavy (non-hydrogen) atoms. The molecule has 90 valence electrons. The van der Waals surface area contributed by atoms with E-state index in [0.29, 0.717) is 6.54 Å². The van der Waals surface area contributed by atoms with E-state index in [-0.39, 0.29) is 5.78 Å². The number of H-pyrrole nitrogens is 1. The van der Waals surface area contributed by atoms with Crippen molar-refractivity contribution in [2.75, 3.05) is 13.1 Å². The number of carbonyl (C=O) groups is 1. The number of ketones is 1. The topological polar surface area (TPSA) is 44.9 Å². The second-order valence-electron chi connectivity index (χ2n) is 4.41. The van der Waals surface area contributed by atoms with Crippen molar-refractivity contribution >= 4 is 16.7 Å². The first-order valence-electron chi connectivity index (χ1n) is 5.95. The third kappa shape index (κ3) is 2.24. The number of likely N-dealkylation sites (N-methyl/N-ethyl adjacent to an activating group) is 1. The molecule has 1 aromatic heterocycles. The van der Waals surface area contributed by atoms with Crippen LogP contribution in [0, 0.1) is 13.8 Å². The van der Waals surface area contributed by atoms with Crippen LogP contribution in [0.5, 0.6) is 0 Å². The molecule has 2 rings (SSSR count). The van der Waals surface area contributed by atoms with Gasteiger partial charge in [-0.25, -0.2) is 0 Å². The minimum Gasteiger partial charge on any atom is -0.360 e. The number of carbonyl (C=O) groups excluding carboxylic acids is 1. The molecule has 0 saturated carbocycles. The first-order chi connectivity index (χ1) is 8.13. The van der Waals surface area contributed by atoms with E-state index in [4.69, 9.17) is 0 Å². The molecule has 0 bridgehead atoms. The number of benzene rings is 1. The molecule has 2 N–H and O–H groups in total. The Hall–Kier alpha value is -1.61. The van der Waals surface area contributed by atoms with Crippen LogP contribution in [0.25, 0.3) is 10.9 Å². The zero-order valence-electron chi connectivity index (χ0n) is 10.6. The smallest absolute Gasteiger partial charge is 0.178 e. The van der Waals surface area contributed by atoms with Crippen molar-refractivity contribution in [1.82, 2.24) is 10.3 Å². The Morgan fingerprint density at radius 1 is 1.35 bits per heavy atom. The summed E-state index contributed by atoms with van der Waals surface area (Å²) in [6.07, 6.45) is 1.82. The number of Topliss-reactive ketones (excluding diaryl/α,β-unsaturated/α-hetero) is 1. The van der Waals surface area contributed by atoms with Crippen molar-refractivity contribution in [3.63, 3.8) is 0 Å². The Labute approximate surface area is 101 Å². The van der Waals surface area contributed by atoms with Gasteiger partial charge < -0.3 is 10.3 Å². The van der Waals surface area contributed by atoms with Crippen LogP contribution in [0.4, 0.5) is 0 Å².